The minimum atomic E-state index is -0.467. The van der Waals surface area contributed by atoms with Crippen LogP contribution in [0.3, 0.4) is 0 Å². The van der Waals surface area contributed by atoms with E-state index in [4.69, 9.17) is 23.2 Å². The average molecular weight is 457 g/mol. The zero-order chi connectivity index (χ0) is 22.1. The van der Waals surface area contributed by atoms with Crippen molar-refractivity contribution in [3.8, 4) is 0 Å². The molecule has 0 aliphatic rings. The van der Waals surface area contributed by atoms with Gasteiger partial charge < -0.3 is 0 Å². The lowest BCUT2D eigenvalue weighted by molar-refractivity contribution is 0.702. The Hall–Kier alpha value is -3.36. The van der Waals surface area contributed by atoms with Crippen LogP contribution in [0, 0.1) is 0 Å². The number of halogens is 2. The van der Waals surface area contributed by atoms with Gasteiger partial charge in [-0.25, -0.2) is 10.2 Å². The number of nitrogens with one attached hydrogen (secondary N) is 1. The SMILES string of the molecule is Cn1c(=O)c2c(nc(N/N=C/c3ccccc3Cl)n2Cc2ccccc2Cl)n(C)c1=O. The number of imidazole rings is 1. The van der Waals surface area contributed by atoms with Crippen molar-refractivity contribution in [3.63, 3.8) is 0 Å². The van der Waals surface area contributed by atoms with E-state index in [0.29, 0.717) is 15.6 Å². The maximum atomic E-state index is 12.9. The molecule has 4 rings (SSSR count). The predicted molar refractivity (Wildman–Crippen MR) is 123 cm³/mol. The van der Waals surface area contributed by atoms with Crippen LogP contribution >= 0.6 is 23.2 Å². The highest BCUT2D eigenvalue weighted by Crippen LogP contribution is 2.22. The maximum absolute atomic E-state index is 12.9. The molecular formula is C21H18Cl2N6O2. The third-order valence-corrected chi connectivity index (χ3v) is 5.62. The second kappa shape index (κ2) is 8.41. The van der Waals surface area contributed by atoms with Crippen LogP contribution in [0.25, 0.3) is 11.2 Å². The van der Waals surface area contributed by atoms with Gasteiger partial charge in [0.25, 0.3) is 5.56 Å². The fourth-order valence-electron chi connectivity index (χ4n) is 3.22. The van der Waals surface area contributed by atoms with Crippen molar-refractivity contribution in [2.75, 3.05) is 5.43 Å². The fourth-order valence-corrected chi connectivity index (χ4v) is 3.60. The Morgan fingerprint density at radius 2 is 1.68 bits per heavy atom. The van der Waals surface area contributed by atoms with Crippen molar-refractivity contribution >= 4 is 46.5 Å². The van der Waals surface area contributed by atoms with Crippen LogP contribution in [0.15, 0.2) is 63.2 Å². The van der Waals surface area contributed by atoms with Gasteiger partial charge in [0.2, 0.25) is 5.95 Å². The first kappa shape index (κ1) is 20.9. The van der Waals surface area contributed by atoms with Gasteiger partial charge in [0.15, 0.2) is 11.2 Å². The van der Waals surface area contributed by atoms with E-state index in [0.717, 1.165) is 10.1 Å². The van der Waals surface area contributed by atoms with Gasteiger partial charge in [-0.05, 0) is 17.7 Å². The zero-order valence-electron chi connectivity index (χ0n) is 16.7. The first-order valence-electron chi connectivity index (χ1n) is 9.31. The third kappa shape index (κ3) is 3.87. The summed E-state index contributed by atoms with van der Waals surface area (Å²) in [5.41, 5.74) is 3.96. The molecule has 2 aromatic heterocycles. The highest BCUT2D eigenvalue weighted by molar-refractivity contribution is 6.33. The summed E-state index contributed by atoms with van der Waals surface area (Å²) in [6, 6.07) is 14.6. The standard InChI is InChI=1S/C21H18Cl2N6O2/c1-27-18-17(19(30)28(2)21(27)31)29(12-14-8-4-6-10-16(14)23)20(25-18)26-24-11-13-7-3-5-9-15(13)22/h3-11H,12H2,1-2H3,(H,25,26)/b24-11+. The number of nitrogens with zero attached hydrogens (tertiary/aromatic N) is 5. The number of benzene rings is 2. The highest BCUT2D eigenvalue weighted by atomic mass is 35.5. The lowest BCUT2D eigenvalue weighted by atomic mass is 10.2. The summed E-state index contributed by atoms with van der Waals surface area (Å²) >= 11 is 12.5. The van der Waals surface area contributed by atoms with E-state index in [-0.39, 0.29) is 23.7 Å². The van der Waals surface area contributed by atoms with Gasteiger partial charge in [0.1, 0.15) is 0 Å². The van der Waals surface area contributed by atoms with E-state index in [9.17, 15) is 9.59 Å². The number of rotatable bonds is 5. The smallest absolute Gasteiger partial charge is 0.298 e. The van der Waals surface area contributed by atoms with Gasteiger partial charge >= 0.3 is 5.69 Å². The van der Waals surface area contributed by atoms with E-state index in [2.05, 4.69) is 15.5 Å². The number of aromatic nitrogens is 4. The molecule has 4 aromatic rings. The van der Waals surface area contributed by atoms with E-state index >= 15 is 0 Å². The number of hydrogen-bond donors (Lipinski definition) is 1. The molecule has 0 saturated carbocycles. The number of anilines is 1. The van der Waals surface area contributed by atoms with Gasteiger partial charge in [-0.15, -0.1) is 0 Å². The molecule has 0 aliphatic carbocycles. The van der Waals surface area contributed by atoms with E-state index in [1.54, 1.807) is 30.0 Å². The lowest BCUT2D eigenvalue weighted by Gasteiger charge is -2.10. The number of hydrazone groups is 1. The monoisotopic (exact) mass is 456 g/mol. The Bertz CT molecular complexity index is 1430. The van der Waals surface area contributed by atoms with E-state index in [1.165, 1.54) is 11.6 Å². The first-order chi connectivity index (χ1) is 14.9. The Balaban J connectivity index is 1.85. The Morgan fingerprint density at radius 3 is 2.39 bits per heavy atom. The quantitative estimate of drug-likeness (QED) is 0.368. The molecule has 0 unspecified atom stereocenters. The number of hydrogen-bond acceptors (Lipinski definition) is 5. The minimum absolute atomic E-state index is 0.246. The molecule has 158 valence electrons. The second-order valence-corrected chi connectivity index (χ2v) is 7.70. The highest BCUT2D eigenvalue weighted by Gasteiger charge is 2.19. The van der Waals surface area contributed by atoms with Crippen molar-refractivity contribution in [2.45, 2.75) is 6.54 Å². The van der Waals surface area contributed by atoms with Crippen LogP contribution in [0.5, 0.6) is 0 Å². The van der Waals surface area contributed by atoms with Crippen molar-refractivity contribution in [1.82, 2.24) is 18.7 Å². The molecule has 0 saturated heterocycles. The third-order valence-electron chi connectivity index (χ3n) is 4.91. The summed E-state index contributed by atoms with van der Waals surface area (Å²) < 4.78 is 4.02. The molecule has 0 bridgehead atoms. The molecule has 0 radical (unpaired) electrons. The molecule has 2 heterocycles. The van der Waals surface area contributed by atoms with Gasteiger partial charge in [-0.2, -0.15) is 10.1 Å². The largest absolute Gasteiger partial charge is 0.332 e. The Kier molecular flexibility index (Phi) is 5.67. The summed E-state index contributed by atoms with van der Waals surface area (Å²) in [4.78, 5) is 29.8. The molecular weight excluding hydrogens is 439 g/mol. The normalized spacial score (nSPS) is 11.5. The molecule has 2 aromatic carbocycles. The van der Waals surface area contributed by atoms with Crippen LogP contribution in [0.4, 0.5) is 5.95 Å². The van der Waals surface area contributed by atoms with Crippen LogP contribution in [0.1, 0.15) is 11.1 Å². The lowest BCUT2D eigenvalue weighted by Crippen LogP contribution is -2.37. The van der Waals surface area contributed by atoms with Gasteiger partial charge in [-0.1, -0.05) is 59.6 Å². The van der Waals surface area contributed by atoms with E-state index < -0.39 is 11.2 Å². The summed E-state index contributed by atoms with van der Waals surface area (Å²) in [5.74, 6) is 0.288. The first-order valence-corrected chi connectivity index (χ1v) is 10.1. The van der Waals surface area contributed by atoms with Crippen molar-refractivity contribution in [3.05, 3.63) is 90.5 Å². The number of aryl methyl sites for hydroxylation is 1. The van der Waals surface area contributed by atoms with Gasteiger partial charge in [0, 0.05) is 29.7 Å². The van der Waals surface area contributed by atoms with Crippen LogP contribution < -0.4 is 16.7 Å². The molecule has 0 aliphatic heterocycles. The Labute approximate surface area is 187 Å². The molecule has 8 nitrogen and oxygen atoms in total. The fraction of sp³-hybridized carbons (Fsp3) is 0.143. The van der Waals surface area contributed by atoms with Crippen molar-refractivity contribution in [2.24, 2.45) is 19.2 Å². The molecule has 0 spiro atoms. The zero-order valence-corrected chi connectivity index (χ0v) is 18.2. The van der Waals surface area contributed by atoms with Crippen LogP contribution in [0.2, 0.25) is 10.0 Å². The molecule has 31 heavy (non-hydrogen) atoms. The molecule has 0 atom stereocenters. The number of fused-ring (bicyclic) bond motifs is 1. The average Bonchev–Trinajstić information content (AvgIpc) is 3.12. The predicted octanol–water partition coefficient (Wildman–Crippen LogP) is 3.23. The van der Waals surface area contributed by atoms with E-state index in [1.807, 2.05) is 36.4 Å². The van der Waals surface area contributed by atoms with Crippen LogP contribution in [-0.4, -0.2) is 24.9 Å². The van der Waals surface area contributed by atoms with Crippen molar-refractivity contribution < 1.29 is 0 Å². The molecule has 0 amide bonds. The molecule has 0 fully saturated rings. The van der Waals surface area contributed by atoms with Crippen LogP contribution in [-0.2, 0) is 20.6 Å². The summed E-state index contributed by atoms with van der Waals surface area (Å²) in [5, 5.41) is 5.33. The Morgan fingerprint density at radius 1 is 1.00 bits per heavy atom. The summed E-state index contributed by atoms with van der Waals surface area (Å²) in [7, 11) is 2.99. The molecule has 10 heteroatoms. The van der Waals surface area contributed by atoms with Gasteiger partial charge in [0.05, 0.1) is 12.8 Å². The van der Waals surface area contributed by atoms with Gasteiger partial charge in [-0.3, -0.25) is 18.5 Å². The molecule has 1 N–H and O–H groups in total. The maximum Gasteiger partial charge on any atom is 0.332 e. The summed E-state index contributed by atoms with van der Waals surface area (Å²) in [6.07, 6.45) is 1.55. The van der Waals surface area contributed by atoms with Crippen molar-refractivity contribution in [1.29, 1.82) is 0 Å². The summed E-state index contributed by atoms with van der Waals surface area (Å²) in [6.45, 7) is 0.258. The minimum Gasteiger partial charge on any atom is -0.298 e. The second-order valence-electron chi connectivity index (χ2n) is 6.88. The topological polar surface area (TPSA) is 86.2 Å².